The van der Waals surface area contributed by atoms with E-state index in [2.05, 4.69) is 10.3 Å². The molecular weight excluding hydrogens is 269 g/mol. The smallest absolute Gasteiger partial charge is 0.239 e. The minimum Gasteiger partial charge on any atom is -0.473 e. The van der Waals surface area contributed by atoms with E-state index in [-0.39, 0.29) is 18.0 Å². The van der Waals surface area contributed by atoms with Gasteiger partial charge in [-0.05, 0) is 39.0 Å². The van der Waals surface area contributed by atoms with Crippen molar-refractivity contribution in [2.45, 2.75) is 32.9 Å². The van der Waals surface area contributed by atoms with E-state index in [4.69, 9.17) is 10.5 Å². The van der Waals surface area contributed by atoms with Crippen LogP contribution in [0.1, 0.15) is 32.4 Å². The van der Waals surface area contributed by atoms with Gasteiger partial charge in [-0.25, -0.2) is 4.39 Å². The van der Waals surface area contributed by atoms with E-state index < -0.39 is 0 Å². The number of nitrogens with zero attached hydrogens (tertiary/aromatic N) is 1. The second kappa shape index (κ2) is 6.43. The standard InChI is InChI=1S/C16H20FN3O/c1-10(2)21-16-14(18)8-9-15(20-16)19-11(3)12-6-4-5-7-13(12)17/h4-11H,18H2,1-3H3,(H,19,20). The molecule has 112 valence electrons. The fraction of sp³-hybridized carbons (Fsp3) is 0.312. The lowest BCUT2D eigenvalue weighted by molar-refractivity contribution is 0.234. The number of benzene rings is 1. The molecule has 2 rings (SSSR count). The third-order valence-electron chi connectivity index (χ3n) is 2.97. The fourth-order valence-corrected chi connectivity index (χ4v) is 1.98. The van der Waals surface area contributed by atoms with Gasteiger partial charge in [0.2, 0.25) is 5.88 Å². The zero-order valence-electron chi connectivity index (χ0n) is 12.4. The first-order valence-electron chi connectivity index (χ1n) is 6.91. The lowest BCUT2D eigenvalue weighted by Gasteiger charge is -2.17. The number of ether oxygens (including phenoxy) is 1. The van der Waals surface area contributed by atoms with Crippen molar-refractivity contribution in [2.24, 2.45) is 0 Å². The van der Waals surface area contributed by atoms with Crippen LogP contribution in [-0.2, 0) is 0 Å². The van der Waals surface area contributed by atoms with Crippen molar-refractivity contribution in [3.8, 4) is 5.88 Å². The summed E-state index contributed by atoms with van der Waals surface area (Å²) in [6.45, 7) is 5.69. The van der Waals surface area contributed by atoms with Gasteiger partial charge in [-0.1, -0.05) is 18.2 Å². The average Bonchev–Trinajstić information content (AvgIpc) is 2.42. The van der Waals surface area contributed by atoms with Crippen molar-refractivity contribution >= 4 is 11.5 Å². The number of anilines is 2. The van der Waals surface area contributed by atoms with Crippen LogP contribution in [0.2, 0.25) is 0 Å². The highest BCUT2D eigenvalue weighted by molar-refractivity contribution is 5.54. The summed E-state index contributed by atoms with van der Waals surface area (Å²) in [6.07, 6.45) is -0.0148. The van der Waals surface area contributed by atoms with Gasteiger partial charge < -0.3 is 15.8 Å². The number of hydrogen-bond acceptors (Lipinski definition) is 4. The van der Waals surface area contributed by atoms with Crippen LogP contribution in [0.3, 0.4) is 0 Å². The topological polar surface area (TPSA) is 60.2 Å². The minimum absolute atomic E-state index is 0.0148. The number of rotatable bonds is 5. The lowest BCUT2D eigenvalue weighted by atomic mass is 10.1. The Bertz CT molecular complexity index is 616. The Morgan fingerprint density at radius 2 is 1.86 bits per heavy atom. The maximum absolute atomic E-state index is 13.8. The summed E-state index contributed by atoms with van der Waals surface area (Å²) in [5.41, 5.74) is 6.89. The Morgan fingerprint density at radius 1 is 1.14 bits per heavy atom. The van der Waals surface area contributed by atoms with Gasteiger partial charge in [-0.3, -0.25) is 0 Å². The predicted molar refractivity (Wildman–Crippen MR) is 82.9 cm³/mol. The molecule has 1 aromatic heterocycles. The molecule has 4 nitrogen and oxygen atoms in total. The Kier molecular flexibility index (Phi) is 4.62. The summed E-state index contributed by atoms with van der Waals surface area (Å²) >= 11 is 0. The quantitative estimate of drug-likeness (QED) is 0.879. The van der Waals surface area contributed by atoms with Crippen LogP contribution in [0.15, 0.2) is 36.4 Å². The van der Waals surface area contributed by atoms with Crippen molar-refractivity contribution in [1.82, 2.24) is 4.98 Å². The van der Waals surface area contributed by atoms with E-state index in [1.54, 1.807) is 30.3 Å². The van der Waals surface area contributed by atoms with Crippen LogP contribution >= 0.6 is 0 Å². The van der Waals surface area contributed by atoms with Gasteiger partial charge >= 0.3 is 0 Å². The van der Waals surface area contributed by atoms with Crippen LogP contribution in [-0.4, -0.2) is 11.1 Å². The van der Waals surface area contributed by atoms with Crippen molar-refractivity contribution in [3.63, 3.8) is 0 Å². The highest BCUT2D eigenvalue weighted by Crippen LogP contribution is 2.25. The number of aromatic nitrogens is 1. The van der Waals surface area contributed by atoms with Crippen LogP contribution in [0, 0.1) is 5.82 Å². The molecule has 0 amide bonds. The monoisotopic (exact) mass is 289 g/mol. The number of hydrogen-bond donors (Lipinski definition) is 2. The van der Waals surface area contributed by atoms with E-state index in [0.717, 1.165) is 0 Å². The van der Waals surface area contributed by atoms with Crippen molar-refractivity contribution in [3.05, 3.63) is 47.8 Å². The van der Waals surface area contributed by atoms with Crippen LogP contribution in [0.4, 0.5) is 15.9 Å². The highest BCUT2D eigenvalue weighted by atomic mass is 19.1. The second-order valence-electron chi connectivity index (χ2n) is 5.15. The SMILES string of the molecule is CC(C)Oc1nc(NC(C)c2ccccc2F)ccc1N. The van der Waals surface area contributed by atoms with Gasteiger partial charge in [0.15, 0.2) is 0 Å². The third kappa shape index (κ3) is 3.84. The number of halogens is 1. The van der Waals surface area contributed by atoms with Crippen molar-refractivity contribution in [2.75, 3.05) is 11.1 Å². The maximum atomic E-state index is 13.8. The number of nitrogen functional groups attached to an aromatic ring is 1. The predicted octanol–water partition coefficient (Wildman–Crippen LogP) is 3.76. The fourth-order valence-electron chi connectivity index (χ4n) is 1.98. The molecule has 1 heterocycles. The third-order valence-corrected chi connectivity index (χ3v) is 2.97. The zero-order chi connectivity index (χ0) is 15.4. The van der Waals surface area contributed by atoms with E-state index in [1.165, 1.54) is 6.07 Å². The summed E-state index contributed by atoms with van der Waals surface area (Å²) in [5, 5.41) is 3.15. The van der Waals surface area contributed by atoms with Gasteiger partial charge in [-0.15, -0.1) is 0 Å². The van der Waals surface area contributed by atoms with Crippen LogP contribution < -0.4 is 15.8 Å². The average molecular weight is 289 g/mol. The molecule has 0 fully saturated rings. The molecule has 0 saturated heterocycles. The van der Waals surface area contributed by atoms with Crippen molar-refractivity contribution < 1.29 is 9.13 Å². The first kappa shape index (κ1) is 15.1. The van der Waals surface area contributed by atoms with E-state index in [1.807, 2.05) is 20.8 Å². The van der Waals surface area contributed by atoms with Crippen LogP contribution in [0.5, 0.6) is 5.88 Å². The van der Waals surface area contributed by atoms with Gasteiger partial charge in [0.05, 0.1) is 17.8 Å². The summed E-state index contributed by atoms with van der Waals surface area (Å²) in [4.78, 5) is 4.33. The Morgan fingerprint density at radius 3 is 2.52 bits per heavy atom. The summed E-state index contributed by atoms with van der Waals surface area (Å²) in [5.74, 6) is 0.734. The number of nitrogens with two attached hydrogens (primary N) is 1. The largest absolute Gasteiger partial charge is 0.473 e. The lowest BCUT2D eigenvalue weighted by Crippen LogP contribution is -2.12. The summed E-state index contributed by atoms with van der Waals surface area (Å²) in [7, 11) is 0. The van der Waals surface area contributed by atoms with E-state index in [0.29, 0.717) is 22.9 Å². The van der Waals surface area contributed by atoms with Gasteiger partial charge in [0.1, 0.15) is 11.6 Å². The van der Waals surface area contributed by atoms with Crippen molar-refractivity contribution in [1.29, 1.82) is 0 Å². The molecule has 5 heteroatoms. The van der Waals surface area contributed by atoms with Gasteiger partial charge in [0, 0.05) is 5.56 Å². The molecule has 1 aromatic carbocycles. The van der Waals surface area contributed by atoms with Gasteiger partial charge in [0.25, 0.3) is 0 Å². The molecular formula is C16H20FN3O. The molecule has 0 aliphatic carbocycles. The Balaban J connectivity index is 2.18. The summed E-state index contributed by atoms with van der Waals surface area (Å²) < 4.78 is 19.3. The molecule has 0 saturated carbocycles. The molecule has 1 atom stereocenters. The minimum atomic E-state index is -0.244. The Hall–Kier alpha value is -2.30. The van der Waals surface area contributed by atoms with Gasteiger partial charge in [-0.2, -0.15) is 4.98 Å². The molecule has 3 N–H and O–H groups in total. The molecule has 0 aliphatic rings. The van der Waals surface area contributed by atoms with E-state index >= 15 is 0 Å². The first-order valence-corrected chi connectivity index (χ1v) is 6.91. The number of nitrogens with one attached hydrogen (secondary N) is 1. The van der Waals surface area contributed by atoms with E-state index in [9.17, 15) is 4.39 Å². The summed E-state index contributed by atoms with van der Waals surface area (Å²) in [6, 6.07) is 9.92. The normalized spacial score (nSPS) is 12.2. The molecule has 0 aliphatic heterocycles. The molecule has 0 bridgehead atoms. The molecule has 21 heavy (non-hydrogen) atoms. The molecule has 0 radical (unpaired) electrons. The molecule has 0 spiro atoms. The zero-order valence-corrected chi connectivity index (χ0v) is 12.4. The Labute approximate surface area is 124 Å². The first-order chi connectivity index (χ1) is 9.97. The highest BCUT2D eigenvalue weighted by Gasteiger charge is 2.12. The molecule has 2 aromatic rings. The second-order valence-corrected chi connectivity index (χ2v) is 5.15. The van der Waals surface area contributed by atoms with Crippen LogP contribution in [0.25, 0.3) is 0 Å². The number of pyridine rings is 1. The molecule has 1 unspecified atom stereocenters. The maximum Gasteiger partial charge on any atom is 0.239 e.